The molecule has 7 aromatic rings. The molecule has 2 N–H and O–H groups in total. The van der Waals surface area contributed by atoms with Gasteiger partial charge in [-0.25, -0.2) is 0 Å². The van der Waals surface area contributed by atoms with Crippen molar-refractivity contribution in [1.82, 2.24) is 0 Å². The fourth-order valence-electron chi connectivity index (χ4n) is 7.72. The first-order chi connectivity index (χ1) is 23.6. The zero-order chi connectivity index (χ0) is 32.2. The maximum atomic E-state index is 8.93. The number of benzene rings is 7. The fraction of sp³-hybridized carbons (Fsp3) is 0.0222. The van der Waals surface area contributed by atoms with Crippen molar-refractivity contribution in [3.05, 3.63) is 203 Å². The molecule has 0 atom stereocenters. The highest BCUT2D eigenvalue weighted by Crippen LogP contribution is 2.62. The number of nitrogens with one attached hydrogen (secondary N) is 2. The third-order valence-electron chi connectivity index (χ3n) is 9.85. The zero-order valence-electron chi connectivity index (χ0n) is 26.1. The van der Waals surface area contributed by atoms with Crippen LogP contribution in [0.2, 0.25) is 0 Å². The molecule has 0 unspecified atom stereocenters. The fourth-order valence-corrected chi connectivity index (χ4v) is 7.72. The molecule has 48 heavy (non-hydrogen) atoms. The van der Waals surface area contributed by atoms with Crippen LogP contribution in [0.5, 0.6) is 11.5 Å². The maximum absolute atomic E-state index is 8.93. The number of ether oxygens (including phenoxy) is 1. The first-order valence-electron chi connectivity index (χ1n) is 16.2. The van der Waals surface area contributed by atoms with Crippen LogP contribution >= 0.6 is 0 Å². The Hall–Kier alpha value is -6.32. The summed E-state index contributed by atoms with van der Waals surface area (Å²) in [6.07, 6.45) is 3.45. The van der Waals surface area contributed by atoms with Crippen LogP contribution in [0.1, 0.15) is 33.4 Å². The zero-order valence-corrected chi connectivity index (χ0v) is 26.1. The molecule has 0 saturated carbocycles. The maximum Gasteiger partial charge on any atom is 0.132 e. The van der Waals surface area contributed by atoms with E-state index in [0.717, 1.165) is 55.7 Å². The van der Waals surface area contributed by atoms with Gasteiger partial charge in [-0.1, -0.05) is 133 Å². The van der Waals surface area contributed by atoms with Crippen LogP contribution in [-0.2, 0) is 5.41 Å². The molecule has 9 rings (SSSR count). The minimum absolute atomic E-state index is 0.354. The van der Waals surface area contributed by atoms with E-state index in [9.17, 15) is 0 Å². The van der Waals surface area contributed by atoms with Crippen LogP contribution in [0.4, 0.5) is 0 Å². The Morgan fingerprint density at radius 2 is 1.08 bits per heavy atom. The highest BCUT2D eigenvalue weighted by molar-refractivity contribution is 6.18. The lowest BCUT2D eigenvalue weighted by atomic mass is 9.66. The van der Waals surface area contributed by atoms with E-state index in [2.05, 4.69) is 109 Å². The van der Waals surface area contributed by atoms with Crippen molar-refractivity contribution in [3.63, 3.8) is 0 Å². The van der Waals surface area contributed by atoms with Gasteiger partial charge in [0.15, 0.2) is 0 Å². The van der Waals surface area contributed by atoms with E-state index < -0.39 is 5.41 Å². The van der Waals surface area contributed by atoms with E-state index in [0.29, 0.717) is 11.4 Å². The average Bonchev–Trinajstić information content (AvgIpc) is 3.44. The van der Waals surface area contributed by atoms with Crippen LogP contribution in [0.25, 0.3) is 33.0 Å². The molecule has 3 heteroatoms. The Labute approximate surface area is 279 Å². The van der Waals surface area contributed by atoms with Gasteiger partial charge in [-0.2, -0.15) is 0 Å². The second-order valence-electron chi connectivity index (χ2n) is 12.4. The van der Waals surface area contributed by atoms with E-state index in [1.807, 2.05) is 48.5 Å². The van der Waals surface area contributed by atoms with Gasteiger partial charge in [-0.3, -0.25) is 0 Å². The van der Waals surface area contributed by atoms with E-state index in [-0.39, 0.29) is 0 Å². The molecule has 3 nitrogen and oxygen atoms in total. The van der Waals surface area contributed by atoms with Gasteiger partial charge < -0.3 is 15.6 Å². The van der Waals surface area contributed by atoms with E-state index in [1.54, 1.807) is 12.2 Å². The Morgan fingerprint density at radius 3 is 1.90 bits per heavy atom. The normalized spacial score (nSPS) is 13.4. The number of allylic oxidation sites excluding steroid dienone is 2. The summed E-state index contributed by atoms with van der Waals surface area (Å²) in [7, 11) is 0. The van der Waals surface area contributed by atoms with Gasteiger partial charge in [0.1, 0.15) is 11.5 Å². The van der Waals surface area contributed by atoms with Crippen LogP contribution in [0.3, 0.4) is 0 Å². The quantitative estimate of drug-likeness (QED) is 0.186. The second kappa shape index (κ2) is 10.9. The SMILES string of the molecule is N=C(/C=C\C(=N)c1cccc2ccccc12)c1cccc(-c2ccc3c(c2)C2(c4ccccc4O3)c3ccccc3-c3ccccc32)c1. The van der Waals surface area contributed by atoms with Crippen LogP contribution < -0.4 is 4.74 Å². The number of fused-ring (bicyclic) bond motifs is 10. The predicted octanol–water partition coefficient (Wildman–Crippen LogP) is 11.0. The molecule has 0 saturated heterocycles. The standard InChI is InChI=1S/C45H30N2O/c46-41(24-25-42(47)36-18-10-12-29-11-1-2-15-33(29)36)32-14-9-13-30(27-32)31-23-26-44-40(28-31)45(39-21-7-8-22-43(39)48-44)37-19-5-3-16-34(37)35-17-4-6-20-38(35)45/h1-28,46-47H/b25-24-,46-41?,47-42?. The van der Waals surface area contributed by atoms with Crippen LogP contribution in [0.15, 0.2) is 170 Å². The Bertz CT molecular complexity index is 2440. The lowest BCUT2D eigenvalue weighted by molar-refractivity contribution is 0.436. The van der Waals surface area contributed by atoms with Gasteiger partial charge in [0.05, 0.1) is 16.8 Å². The largest absolute Gasteiger partial charge is 0.457 e. The first-order valence-corrected chi connectivity index (χ1v) is 16.2. The Morgan fingerprint density at radius 1 is 0.479 bits per heavy atom. The third kappa shape index (κ3) is 4.14. The van der Waals surface area contributed by atoms with E-state index >= 15 is 0 Å². The molecule has 0 fully saturated rings. The van der Waals surface area contributed by atoms with Gasteiger partial charge in [-0.15, -0.1) is 0 Å². The second-order valence-corrected chi connectivity index (χ2v) is 12.4. The summed E-state index contributed by atoms with van der Waals surface area (Å²) in [6, 6.07) is 54.6. The molecule has 0 aromatic heterocycles. The number of hydrogen-bond acceptors (Lipinski definition) is 3. The van der Waals surface area contributed by atoms with Crippen molar-refractivity contribution in [2.75, 3.05) is 0 Å². The van der Waals surface area contributed by atoms with Gasteiger partial charge in [0.25, 0.3) is 0 Å². The molecule has 1 heterocycles. The molecule has 1 aliphatic heterocycles. The highest BCUT2D eigenvalue weighted by Gasteiger charge is 2.50. The van der Waals surface area contributed by atoms with Crippen LogP contribution in [0, 0.1) is 10.8 Å². The summed E-state index contributed by atoms with van der Waals surface area (Å²) >= 11 is 0. The predicted molar refractivity (Wildman–Crippen MR) is 196 cm³/mol. The average molecular weight is 615 g/mol. The van der Waals surface area contributed by atoms with Crippen molar-refractivity contribution < 1.29 is 4.74 Å². The van der Waals surface area contributed by atoms with E-state index in [4.69, 9.17) is 15.6 Å². The summed E-state index contributed by atoms with van der Waals surface area (Å²) in [4.78, 5) is 0. The summed E-state index contributed by atoms with van der Waals surface area (Å²) in [5, 5.41) is 19.8. The molecular weight excluding hydrogens is 585 g/mol. The highest BCUT2D eigenvalue weighted by atomic mass is 16.5. The Kier molecular flexibility index (Phi) is 6.34. The molecule has 7 aromatic carbocycles. The summed E-state index contributed by atoms with van der Waals surface area (Å²) in [6.45, 7) is 0. The third-order valence-corrected chi connectivity index (χ3v) is 9.85. The van der Waals surface area contributed by atoms with Crippen molar-refractivity contribution in [2.24, 2.45) is 0 Å². The smallest absolute Gasteiger partial charge is 0.132 e. The van der Waals surface area contributed by atoms with Crippen molar-refractivity contribution >= 4 is 22.2 Å². The molecule has 2 aliphatic rings. The lowest BCUT2D eigenvalue weighted by Gasteiger charge is -2.39. The Balaban J connectivity index is 1.12. The number of para-hydroxylation sites is 1. The van der Waals surface area contributed by atoms with Gasteiger partial charge >= 0.3 is 0 Å². The van der Waals surface area contributed by atoms with Crippen molar-refractivity contribution in [2.45, 2.75) is 5.41 Å². The lowest BCUT2D eigenvalue weighted by Crippen LogP contribution is -2.32. The molecule has 0 amide bonds. The molecular formula is C45H30N2O. The van der Waals surface area contributed by atoms with Gasteiger partial charge in [0.2, 0.25) is 0 Å². The van der Waals surface area contributed by atoms with Gasteiger partial charge in [-0.05, 0) is 86.1 Å². The summed E-state index contributed by atoms with van der Waals surface area (Å²) < 4.78 is 6.60. The topological polar surface area (TPSA) is 56.9 Å². The molecule has 0 bridgehead atoms. The summed E-state index contributed by atoms with van der Waals surface area (Å²) in [5.74, 6) is 1.73. The van der Waals surface area contributed by atoms with Crippen LogP contribution in [-0.4, -0.2) is 11.4 Å². The van der Waals surface area contributed by atoms with Gasteiger partial charge in [0, 0.05) is 16.7 Å². The molecule has 1 aliphatic carbocycles. The molecule has 226 valence electrons. The number of hydrogen-bond donors (Lipinski definition) is 2. The van der Waals surface area contributed by atoms with Crippen molar-refractivity contribution in [3.8, 4) is 33.8 Å². The molecule has 1 spiro atoms. The minimum Gasteiger partial charge on any atom is -0.457 e. The monoisotopic (exact) mass is 614 g/mol. The first kappa shape index (κ1) is 27.9. The molecule has 0 radical (unpaired) electrons. The summed E-state index contributed by atoms with van der Waals surface area (Å²) in [5.41, 5.74) is 11.2. The van der Waals surface area contributed by atoms with E-state index in [1.165, 1.54) is 22.3 Å². The number of rotatable bonds is 5. The van der Waals surface area contributed by atoms with Crippen molar-refractivity contribution in [1.29, 1.82) is 10.8 Å². The minimum atomic E-state index is -0.525.